The number of fused-ring (bicyclic) bond motifs is 1. The van der Waals surface area contributed by atoms with E-state index in [2.05, 4.69) is 5.10 Å². The van der Waals surface area contributed by atoms with Crippen molar-refractivity contribution in [2.75, 3.05) is 32.8 Å². The molecule has 2 amide bonds. The lowest BCUT2D eigenvalue weighted by molar-refractivity contribution is 0.0514. The van der Waals surface area contributed by atoms with E-state index in [1.54, 1.807) is 32.7 Å². The molecular formula is C16H18N4O4. The summed E-state index contributed by atoms with van der Waals surface area (Å²) in [5.74, 6) is 0.716. The van der Waals surface area contributed by atoms with Crippen molar-refractivity contribution in [3.8, 4) is 5.88 Å². The number of aryl methyl sites for hydroxylation is 1. The van der Waals surface area contributed by atoms with E-state index >= 15 is 0 Å². The van der Waals surface area contributed by atoms with E-state index in [9.17, 15) is 9.59 Å². The van der Waals surface area contributed by atoms with E-state index in [-0.39, 0.29) is 11.8 Å². The Labute approximate surface area is 138 Å². The van der Waals surface area contributed by atoms with E-state index in [4.69, 9.17) is 9.15 Å². The van der Waals surface area contributed by atoms with Crippen molar-refractivity contribution < 1.29 is 18.7 Å². The second kappa shape index (κ2) is 6.03. The highest BCUT2D eigenvalue weighted by molar-refractivity contribution is 5.94. The molecule has 0 saturated carbocycles. The molecule has 24 heavy (non-hydrogen) atoms. The predicted molar refractivity (Wildman–Crippen MR) is 82.9 cm³/mol. The summed E-state index contributed by atoms with van der Waals surface area (Å²) in [5.41, 5.74) is 0.401. The molecule has 0 radical (unpaired) electrons. The quantitative estimate of drug-likeness (QED) is 0.816. The Kier molecular flexibility index (Phi) is 3.72. The van der Waals surface area contributed by atoms with Gasteiger partial charge >= 0.3 is 0 Å². The first-order valence-corrected chi connectivity index (χ1v) is 8.05. The van der Waals surface area contributed by atoms with Crippen LogP contribution in [0.25, 0.3) is 0 Å². The van der Waals surface area contributed by atoms with Gasteiger partial charge in [-0.2, -0.15) is 5.10 Å². The lowest BCUT2D eigenvalue weighted by Gasteiger charge is -2.33. The minimum atomic E-state index is -0.141. The first-order valence-electron chi connectivity index (χ1n) is 8.05. The molecule has 4 rings (SSSR count). The van der Waals surface area contributed by atoms with Crippen molar-refractivity contribution in [3.63, 3.8) is 0 Å². The van der Waals surface area contributed by atoms with Crippen molar-refractivity contribution in [1.82, 2.24) is 19.6 Å². The van der Waals surface area contributed by atoms with Crippen LogP contribution in [0.15, 0.2) is 28.9 Å². The van der Waals surface area contributed by atoms with Gasteiger partial charge in [0.1, 0.15) is 0 Å². The molecule has 8 nitrogen and oxygen atoms in total. The lowest BCUT2D eigenvalue weighted by Crippen LogP contribution is -2.50. The fourth-order valence-corrected chi connectivity index (χ4v) is 3.00. The third kappa shape index (κ3) is 2.64. The highest BCUT2D eigenvalue weighted by atomic mass is 16.5. The molecule has 2 aromatic rings. The SMILES string of the molecule is O=C(c1cc2n(n1)CCCO2)N1CCN(C(=O)c2ccco2)CC1. The van der Waals surface area contributed by atoms with Crippen molar-refractivity contribution >= 4 is 11.8 Å². The number of aromatic nitrogens is 2. The van der Waals surface area contributed by atoms with Crippen LogP contribution < -0.4 is 4.74 Å². The lowest BCUT2D eigenvalue weighted by atomic mass is 10.2. The van der Waals surface area contributed by atoms with E-state index in [1.165, 1.54) is 6.26 Å². The summed E-state index contributed by atoms with van der Waals surface area (Å²) >= 11 is 0. The average molecular weight is 330 g/mol. The standard InChI is InChI=1S/C16H18N4O4/c21-15(12-11-14-20(17-12)4-2-10-24-14)18-5-7-19(8-6-18)16(22)13-3-1-9-23-13/h1,3,9,11H,2,4-8,10H2. The molecule has 0 atom stereocenters. The molecule has 0 aliphatic carbocycles. The van der Waals surface area contributed by atoms with Crippen LogP contribution in [0.5, 0.6) is 5.88 Å². The molecular weight excluding hydrogens is 312 g/mol. The number of hydrogen-bond donors (Lipinski definition) is 0. The van der Waals surface area contributed by atoms with Gasteiger partial charge in [0.25, 0.3) is 11.8 Å². The van der Waals surface area contributed by atoms with Crippen molar-refractivity contribution in [1.29, 1.82) is 0 Å². The molecule has 0 aromatic carbocycles. The third-order valence-electron chi connectivity index (χ3n) is 4.31. The van der Waals surface area contributed by atoms with Crippen LogP contribution in [0.3, 0.4) is 0 Å². The van der Waals surface area contributed by atoms with E-state index < -0.39 is 0 Å². The number of ether oxygens (including phenoxy) is 1. The first-order chi connectivity index (χ1) is 11.7. The Morgan fingerprint density at radius 1 is 1.04 bits per heavy atom. The summed E-state index contributed by atoms with van der Waals surface area (Å²) in [7, 11) is 0. The summed E-state index contributed by atoms with van der Waals surface area (Å²) < 4.78 is 12.4. The van der Waals surface area contributed by atoms with Crippen LogP contribution in [0.1, 0.15) is 27.5 Å². The number of hydrogen-bond acceptors (Lipinski definition) is 5. The summed E-state index contributed by atoms with van der Waals surface area (Å²) in [5, 5.41) is 4.33. The average Bonchev–Trinajstić information content (AvgIpc) is 3.30. The van der Waals surface area contributed by atoms with E-state index in [0.29, 0.717) is 50.1 Å². The van der Waals surface area contributed by atoms with Crippen LogP contribution in [0.4, 0.5) is 0 Å². The van der Waals surface area contributed by atoms with Crippen LogP contribution >= 0.6 is 0 Å². The second-order valence-corrected chi connectivity index (χ2v) is 5.85. The summed E-state index contributed by atoms with van der Waals surface area (Å²) in [6.45, 7) is 3.36. The van der Waals surface area contributed by atoms with Crippen LogP contribution in [0, 0.1) is 0 Å². The highest BCUT2D eigenvalue weighted by Crippen LogP contribution is 2.20. The third-order valence-corrected chi connectivity index (χ3v) is 4.31. The Bertz CT molecular complexity index is 721. The fraction of sp³-hybridized carbons (Fsp3) is 0.438. The molecule has 4 heterocycles. The molecule has 2 aliphatic rings. The van der Waals surface area contributed by atoms with Gasteiger partial charge in [-0.1, -0.05) is 0 Å². The Balaban J connectivity index is 1.39. The number of nitrogens with zero attached hydrogens (tertiary/aromatic N) is 4. The second-order valence-electron chi connectivity index (χ2n) is 5.85. The van der Waals surface area contributed by atoms with E-state index in [1.807, 2.05) is 0 Å². The number of rotatable bonds is 2. The predicted octanol–water partition coefficient (Wildman–Crippen LogP) is 0.857. The fourth-order valence-electron chi connectivity index (χ4n) is 3.00. The van der Waals surface area contributed by atoms with Gasteiger partial charge in [-0.3, -0.25) is 9.59 Å². The number of piperazine rings is 1. The van der Waals surface area contributed by atoms with Gasteiger partial charge in [0.2, 0.25) is 5.88 Å². The molecule has 0 N–H and O–H groups in total. The molecule has 2 aliphatic heterocycles. The maximum absolute atomic E-state index is 12.6. The zero-order valence-electron chi connectivity index (χ0n) is 13.2. The van der Waals surface area contributed by atoms with Gasteiger partial charge in [0.05, 0.1) is 12.9 Å². The molecule has 8 heteroatoms. The normalized spacial score (nSPS) is 17.3. The molecule has 1 saturated heterocycles. The maximum Gasteiger partial charge on any atom is 0.289 e. The van der Waals surface area contributed by atoms with Gasteiger partial charge in [0.15, 0.2) is 11.5 Å². The topological polar surface area (TPSA) is 80.8 Å². The zero-order chi connectivity index (χ0) is 16.5. The Morgan fingerprint density at radius 3 is 2.46 bits per heavy atom. The van der Waals surface area contributed by atoms with Crippen LogP contribution in [-0.4, -0.2) is 64.2 Å². The molecule has 2 aromatic heterocycles. The number of amides is 2. The Hall–Kier alpha value is -2.77. The number of carbonyl (C=O) groups excluding carboxylic acids is 2. The molecule has 126 valence electrons. The minimum absolute atomic E-state index is 0.120. The van der Waals surface area contributed by atoms with Crippen molar-refractivity contribution in [2.45, 2.75) is 13.0 Å². The summed E-state index contributed by atoms with van der Waals surface area (Å²) in [4.78, 5) is 28.3. The van der Waals surface area contributed by atoms with Crippen LogP contribution in [-0.2, 0) is 6.54 Å². The monoisotopic (exact) mass is 330 g/mol. The zero-order valence-corrected chi connectivity index (χ0v) is 13.2. The van der Waals surface area contributed by atoms with Gasteiger partial charge < -0.3 is 19.0 Å². The van der Waals surface area contributed by atoms with Gasteiger partial charge in [-0.25, -0.2) is 4.68 Å². The van der Waals surface area contributed by atoms with Gasteiger partial charge in [-0.15, -0.1) is 0 Å². The van der Waals surface area contributed by atoms with E-state index in [0.717, 1.165) is 13.0 Å². The van der Waals surface area contributed by atoms with Crippen molar-refractivity contribution in [2.24, 2.45) is 0 Å². The van der Waals surface area contributed by atoms with Gasteiger partial charge in [0, 0.05) is 45.2 Å². The highest BCUT2D eigenvalue weighted by Gasteiger charge is 2.28. The Morgan fingerprint density at radius 2 is 1.79 bits per heavy atom. The first kappa shape index (κ1) is 14.8. The minimum Gasteiger partial charge on any atom is -0.478 e. The smallest absolute Gasteiger partial charge is 0.289 e. The van der Waals surface area contributed by atoms with Crippen LogP contribution in [0.2, 0.25) is 0 Å². The maximum atomic E-state index is 12.6. The summed E-state index contributed by atoms with van der Waals surface area (Å²) in [6, 6.07) is 5.03. The number of carbonyl (C=O) groups is 2. The molecule has 0 bridgehead atoms. The molecule has 1 fully saturated rings. The summed E-state index contributed by atoms with van der Waals surface area (Å²) in [6.07, 6.45) is 2.38. The van der Waals surface area contributed by atoms with Crippen molar-refractivity contribution in [3.05, 3.63) is 35.9 Å². The number of furan rings is 1. The largest absolute Gasteiger partial charge is 0.478 e. The molecule has 0 spiro atoms. The van der Waals surface area contributed by atoms with Gasteiger partial charge in [-0.05, 0) is 12.1 Å². The molecule has 0 unspecified atom stereocenters.